The summed E-state index contributed by atoms with van der Waals surface area (Å²) in [5.74, 6) is 0.0320. The zero-order valence-electron chi connectivity index (χ0n) is 19.3. The molecule has 0 amide bonds. The van der Waals surface area contributed by atoms with Gasteiger partial charge in [-0.15, -0.1) is 0 Å². The van der Waals surface area contributed by atoms with E-state index in [9.17, 15) is 13.2 Å². The summed E-state index contributed by atoms with van der Waals surface area (Å²) in [6, 6.07) is 6.20. The monoisotopic (exact) mass is 598 g/mol. The van der Waals surface area contributed by atoms with Gasteiger partial charge in [0.05, 0.1) is 25.5 Å². The second-order valence-corrected chi connectivity index (χ2v) is 9.85. The van der Waals surface area contributed by atoms with Crippen molar-refractivity contribution in [1.82, 2.24) is 9.97 Å². The summed E-state index contributed by atoms with van der Waals surface area (Å²) in [6.45, 7) is 5.56. The lowest BCUT2D eigenvalue weighted by atomic mass is 9.90. The molecule has 2 N–H and O–H groups in total. The average Bonchev–Trinajstić information content (AvgIpc) is 2.82. The fraction of sp³-hybridized carbons (Fsp3) is 0.375. The number of hydrazone groups is 1. The Bertz CT molecular complexity index is 1140. The summed E-state index contributed by atoms with van der Waals surface area (Å²) in [7, 11) is 0. The van der Waals surface area contributed by atoms with Gasteiger partial charge in [0, 0.05) is 58.2 Å². The molecule has 186 valence electrons. The normalized spacial score (nSPS) is 22.9. The Kier molecular flexibility index (Phi) is 7.95. The molecule has 1 fully saturated rings. The number of nitrogens with zero attached hydrogens (tertiary/aromatic N) is 4. The van der Waals surface area contributed by atoms with Gasteiger partial charge >= 0.3 is 3.93 Å². The molecule has 1 aromatic carbocycles. The maximum atomic E-state index is 14.3. The van der Waals surface area contributed by atoms with Crippen LogP contribution < -0.4 is 15.6 Å². The lowest BCUT2D eigenvalue weighted by Gasteiger charge is -2.34. The SMILES string of the molecule is CC1C=C(Nc2cccc(C(F)(F)I)c2)C=CC1/C=N\Nc1ncc(F)c(N2CCOCC2C)n1. The maximum Gasteiger partial charge on any atom is 0.321 e. The Hall–Kier alpha value is -2.67. The maximum absolute atomic E-state index is 14.3. The lowest BCUT2D eigenvalue weighted by molar-refractivity contribution is 0.0981. The first-order chi connectivity index (χ1) is 16.7. The van der Waals surface area contributed by atoms with Crippen molar-refractivity contribution in [3.8, 4) is 0 Å². The number of morpholine rings is 1. The number of aromatic nitrogens is 2. The minimum Gasteiger partial charge on any atom is -0.377 e. The van der Waals surface area contributed by atoms with Crippen LogP contribution in [-0.2, 0) is 8.67 Å². The molecule has 2 aliphatic rings. The molecule has 0 saturated carbocycles. The van der Waals surface area contributed by atoms with Crippen LogP contribution in [0.1, 0.15) is 19.4 Å². The average molecular weight is 598 g/mol. The lowest BCUT2D eigenvalue weighted by Crippen LogP contribution is -2.44. The van der Waals surface area contributed by atoms with Crippen molar-refractivity contribution >= 4 is 46.3 Å². The molecule has 0 spiro atoms. The molecule has 1 saturated heterocycles. The van der Waals surface area contributed by atoms with E-state index in [1.54, 1.807) is 18.3 Å². The van der Waals surface area contributed by atoms with Gasteiger partial charge in [0.1, 0.15) is 0 Å². The van der Waals surface area contributed by atoms with Crippen LogP contribution >= 0.6 is 22.6 Å². The number of rotatable bonds is 7. The van der Waals surface area contributed by atoms with Gasteiger partial charge < -0.3 is 15.0 Å². The first kappa shape index (κ1) is 25.4. The standard InChI is InChI=1S/C24H26F3IN6O/c1-15-10-20(31-19-5-3-4-18(11-19)24(26,27)28)7-6-17(15)12-30-33-23-29-13-21(25)22(32-23)34-8-9-35-14-16(34)2/h3-7,10-13,15-17,31H,8-9,14H2,1-2H3,(H,29,32,33)/b30-12-. The number of anilines is 3. The smallest absolute Gasteiger partial charge is 0.321 e. The highest BCUT2D eigenvalue weighted by Crippen LogP contribution is 2.36. The van der Waals surface area contributed by atoms with Gasteiger partial charge in [-0.2, -0.15) is 18.9 Å². The van der Waals surface area contributed by atoms with Gasteiger partial charge in [-0.3, -0.25) is 0 Å². The van der Waals surface area contributed by atoms with Crippen LogP contribution in [0.15, 0.2) is 59.5 Å². The van der Waals surface area contributed by atoms with Crippen LogP contribution in [0.2, 0.25) is 0 Å². The van der Waals surface area contributed by atoms with Crippen molar-refractivity contribution in [2.45, 2.75) is 23.8 Å². The molecule has 2 aromatic rings. The summed E-state index contributed by atoms with van der Waals surface area (Å²) in [4.78, 5) is 10.1. The predicted molar refractivity (Wildman–Crippen MR) is 140 cm³/mol. The fourth-order valence-corrected chi connectivity index (χ4v) is 4.22. The third-order valence-electron chi connectivity index (χ3n) is 5.80. The van der Waals surface area contributed by atoms with Gasteiger partial charge in [0.15, 0.2) is 11.6 Å². The van der Waals surface area contributed by atoms with Crippen LogP contribution in [0.5, 0.6) is 0 Å². The zero-order valence-corrected chi connectivity index (χ0v) is 21.4. The fourth-order valence-electron chi connectivity index (χ4n) is 3.88. The number of alkyl halides is 3. The van der Waals surface area contributed by atoms with Crippen LogP contribution in [0.25, 0.3) is 0 Å². The Morgan fingerprint density at radius 3 is 2.89 bits per heavy atom. The van der Waals surface area contributed by atoms with E-state index in [0.717, 1.165) is 34.5 Å². The number of benzene rings is 1. The highest BCUT2D eigenvalue weighted by Gasteiger charge is 2.27. The molecule has 1 aliphatic carbocycles. The summed E-state index contributed by atoms with van der Waals surface area (Å²) in [6.07, 6.45) is 8.74. The highest BCUT2D eigenvalue weighted by molar-refractivity contribution is 14.1. The van der Waals surface area contributed by atoms with Crippen molar-refractivity contribution in [3.63, 3.8) is 0 Å². The number of nitrogens with one attached hydrogen (secondary N) is 2. The molecule has 3 unspecified atom stereocenters. The van der Waals surface area contributed by atoms with E-state index >= 15 is 0 Å². The summed E-state index contributed by atoms with van der Waals surface area (Å²) in [5.41, 5.74) is 4.14. The van der Waals surface area contributed by atoms with Crippen LogP contribution in [0.4, 0.5) is 30.6 Å². The summed E-state index contributed by atoms with van der Waals surface area (Å²) >= 11 is 1.12. The van der Waals surface area contributed by atoms with Crippen molar-refractivity contribution in [3.05, 3.63) is 65.8 Å². The zero-order chi connectivity index (χ0) is 25.0. The van der Waals surface area contributed by atoms with Gasteiger partial charge in [-0.05, 0) is 31.1 Å². The first-order valence-electron chi connectivity index (χ1n) is 11.2. The van der Waals surface area contributed by atoms with Gasteiger partial charge in [-0.1, -0.05) is 31.2 Å². The molecular weight excluding hydrogens is 572 g/mol. The van der Waals surface area contributed by atoms with Crippen molar-refractivity contribution in [1.29, 1.82) is 0 Å². The Morgan fingerprint density at radius 2 is 2.14 bits per heavy atom. The second kappa shape index (κ2) is 10.9. The topological polar surface area (TPSA) is 74.7 Å². The van der Waals surface area contributed by atoms with E-state index in [0.29, 0.717) is 25.4 Å². The Balaban J connectivity index is 1.37. The molecule has 1 aliphatic heterocycles. The number of halogens is 4. The van der Waals surface area contributed by atoms with E-state index in [1.807, 2.05) is 37.0 Å². The molecule has 0 radical (unpaired) electrons. The van der Waals surface area contributed by atoms with Crippen molar-refractivity contribution in [2.24, 2.45) is 16.9 Å². The molecule has 3 atom stereocenters. The quantitative estimate of drug-likeness (QED) is 0.189. The van der Waals surface area contributed by atoms with Gasteiger partial charge in [0.25, 0.3) is 0 Å². The highest BCUT2D eigenvalue weighted by atomic mass is 127. The summed E-state index contributed by atoms with van der Waals surface area (Å²) < 4.78 is 44.0. The first-order valence-corrected chi connectivity index (χ1v) is 12.3. The second-order valence-electron chi connectivity index (χ2n) is 8.49. The molecule has 0 bridgehead atoms. The number of ether oxygens (including phenoxy) is 1. The minimum atomic E-state index is -2.93. The molecule has 1 aromatic heterocycles. The molecule has 35 heavy (non-hydrogen) atoms. The van der Waals surface area contributed by atoms with Crippen LogP contribution in [0, 0.1) is 17.7 Å². The van der Waals surface area contributed by atoms with Gasteiger partial charge in [0.2, 0.25) is 5.95 Å². The molecule has 4 rings (SSSR count). The molecule has 2 heterocycles. The van der Waals surface area contributed by atoms with Crippen LogP contribution in [0.3, 0.4) is 0 Å². The molecular formula is C24H26F3IN6O. The van der Waals surface area contributed by atoms with E-state index < -0.39 is 9.75 Å². The van der Waals surface area contributed by atoms with Crippen molar-refractivity contribution < 1.29 is 17.9 Å². The number of hydrogen-bond acceptors (Lipinski definition) is 7. The number of allylic oxidation sites excluding steroid dienone is 3. The Morgan fingerprint density at radius 1 is 1.31 bits per heavy atom. The van der Waals surface area contributed by atoms with Gasteiger partial charge in [-0.25, -0.2) is 14.8 Å². The third-order valence-corrected chi connectivity index (χ3v) is 6.43. The van der Waals surface area contributed by atoms with Crippen molar-refractivity contribution in [2.75, 3.05) is 35.4 Å². The van der Waals surface area contributed by atoms with E-state index in [-0.39, 0.29) is 35.2 Å². The van der Waals surface area contributed by atoms with E-state index in [4.69, 9.17) is 4.74 Å². The summed E-state index contributed by atoms with van der Waals surface area (Å²) in [5, 5.41) is 7.43. The van der Waals surface area contributed by atoms with E-state index in [1.165, 1.54) is 12.1 Å². The minimum absolute atomic E-state index is 0.00255. The van der Waals surface area contributed by atoms with Crippen LogP contribution in [-0.4, -0.2) is 42.0 Å². The van der Waals surface area contributed by atoms with E-state index in [2.05, 4.69) is 25.8 Å². The number of hydrogen-bond donors (Lipinski definition) is 2. The largest absolute Gasteiger partial charge is 0.377 e. The molecule has 7 nitrogen and oxygen atoms in total. The third kappa shape index (κ3) is 6.51. The molecule has 11 heteroatoms. The predicted octanol–water partition coefficient (Wildman–Crippen LogP) is 5.54. The Labute approximate surface area is 215 Å².